The number of hydrogen-bond acceptors (Lipinski definition) is 2. The highest BCUT2D eigenvalue weighted by molar-refractivity contribution is 5.31. The zero-order valence-corrected chi connectivity index (χ0v) is 8.72. The Morgan fingerprint density at radius 3 is 2.46 bits per heavy atom. The maximum Gasteiger partial charge on any atom is 0.133 e. The van der Waals surface area contributed by atoms with Crippen LogP contribution < -0.4 is 5.32 Å². The lowest BCUT2D eigenvalue weighted by atomic mass is 10.0. The van der Waals surface area contributed by atoms with Gasteiger partial charge in [-0.05, 0) is 32.0 Å². The number of rotatable bonds is 3. The van der Waals surface area contributed by atoms with Crippen molar-refractivity contribution in [1.29, 1.82) is 0 Å². The molecule has 0 amide bonds. The SMILES string of the molecule is CNC(OC)c1ccc(C)cc1C. The average Bonchev–Trinajstić information content (AvgIpc) is 2.10. The van der Waals surface area contributed by atoms with E-state index in [9.17, 15) is 0 Å². The van der Waals surface area contributed by atoms with E-state index in [1.54, 1.807) is 7.11 Å². The number of aryl methyl sites for hydroxylation is 2. The van der Waals surface area contributed by atoms with E-state index in [4.69, 9.17) is 4.74 Å². The standard InChI is InChI=1S/C11H17NO/c1-8-5-6-10(9(2)7-8)11(12-3)13-4/h5-7,11-12H,1-4H3. The first-order chi connectivity index (χ1) is 6.19. The normalized spacial score (nSPS) is 12.9. The van der Waals surface area contributed by atoms with Crippen molar-refractivity contribution in [1.82, 2.24) is 5.32 Å². The zero-order chi connectivity index (χ0) is 9.84. The minimum Gasteiger partial charge on any atom is -0.362 e. The van der Waals surface area contributed by atoms with Gasteiger partial charge in [-0.3, -0.25) is 5.32 Å². The fourth-order valence-corrected chi connectivity index (χ4v) is 1.52. The highest BCUT2D eigenvalue weighted by Crippen LogP contribution is 2.18. The summed E-state index contributed by atoms with van der Waals surface area (Å²) >= 11 is 0. The van der Waals surface area contributed by atoms with Gasteiger partial charge in [0.2, 0.25) is 0 Å². The first-order valence-corrected chi connectivity index (χ1v) is 4.46. The number of hydrogen-bond donors (Lipinski definition) is 1. The van der Waals surface area contributed by atoms with Crippen molar-refractivity contribution in [2.75, 3.05) is 14.2 Å². The molecule has 0 radical (unpaired) electrons. The lowest BCUT2D eigenvalue weighted by molar-refractivity contribution is 0.0804. The lowest BCUT2D eigenvalue weighted by Gasteiger charge is -2.17. The summed E-state index contributed by atoms with van der Waals surface area (Å²) in [4.78, 5) is 0. The first-order valence-electron chi connectivity index (χ1n) is 4.46. The summed E-state index contributed by atoms with van der Waals surface area (Å²) in [6.07, 6.45) is 0.000556. The highest BCUT2D eigenvalue weighted by Gasteiger charge is 2.09. The second-order valence-electron chi connectivity index (χ2n) is 3.26. The van der Waals surface area contributed by atoms with Gasteiger partial charge in [-0.2, -0.15) is 0 Å². The molecule has 0 aliphatic heterocycles. The second-order valence-corrected chi connectivity index (χ2v) is 3.26. The third-order valence-electron chi connectivity index (χ3n) is 2.21. The first kappa shape index (κ1) is 10.2. The van der Waals surface area contributed by atoms with Crippen LogP contribution in [0.1, 0.15) is 22.9 Å². The molecule has 1 rings (SSSR count). The van der Waals surface area contributed by atoms with Crippen molar-refractivity contribution in [2.45, 2.75) is 20.1 Å². The molecule has 0 aromatic heterocycles. The van der Waals surface area contributed by atoms with Crippen molar-refractivity contribution < 1.29 is 4.74 Å². The van der Waals surface area contributed by atoms with E-state index < -0.39 is 0 Å². The van der Waals surface area contributed by atoms with Gasteiger partial charge in [-0.1, -0.05) is 23.8 Å². The van der Waals surface area contributed by atoms with E-state index in [1.165, 1.54) is 16.7 Å². The van der Waals surface area contributed by atoms with Gasteiger partial charge in [0.25, 0.3) is 0 Å². The average molecular weight is 179 g/mol. The zero-order valence-electron chi connectivity index (χ0n) is 8.72. The maximum atomic E-state index is 5.30. The van der Waals surface area contributed by atoms with Crippen LogP contribution in [-0.2, 0) is 4.74 Å². The van der Waals surface area contributed by atoms with Crippen LogP contribution in [0.4, 0.5) is 0 Å². The molecular weight excluding hydrogens is 162 g/mol. The second kappa shape index (κ2) is 4.40. The molecule has 72 valence electrons. The molecule has 0 spiro atoms. The summed E-state index contributed by atoms with van der Waals surface area (Å²) in [6, 6.07) is 6.37. The number of benzene rings is 1. The summed E-state index contributed by atoms with van der Waals surface area (Å²) in [5.74, 6) is 0. The van der Waals surface area contributed by atoms with E-state index in [2.05, 4.69) is 37.4 Å². The van der Waals surface area contributed by atoms with Crippen LogP contribution in [0, 0.1) is 13.8 Å². The molecule has 1 N–H and O–H groups in total. The summed E-state index contributed by atoms with van der Waals surface area (Å²) in [7, 11) is 3.61. The van der Waals surface area contributed by atoms with E-state index >= 15 is 0 Å². The van der Waals surface area contributed by atoms with E-state index in [-0.39, 0.29) is 6.23 Å². The number of methoxy groups -OCH3 is 1. The van der Waals surface area contributed by atoms with Crippen LogP contribution in [0.3, 0.4) is 0 Å². The highest BCUT2D eigenvalue weighted by atomic mass is 16.5. The predicted octanol–water partition coefficient (Wildman–Crippen LogP) is 2.17. The van der Waals surface area contributed by atoms with Gasteiger partial charge in [0.1, 0.15) is 6.23 Å². The fraction of sp³-hybridized carbons (Fsp3) is 0.455. The van der Waals surface area contributed by atoms with Gasteiger partial charge in [-0.25, -0.2) is 0 Å². The molecule has 2 heteroatoms. The largest absolute Gasteiger partial charge is 0.362 e. The van der Waals surface area contributed by atoms with Gasteiger partial charge in [-0.15, -0.1) is 0 Å². The summed E-state index contributed by atoms with van der Waals surface area (Å²) in [5.41, 5.74) is 3.75. The molecule has 0 fully saturated rings. The molecule has 13 heavy (non-hydrogen) atoms. The molecule has 1 unspecified atom stereocenters. The fourth-order valence-electron chi connectivity index (χ4n) is 1.52. The van der Waals surface area contributed by atoms with E-state index in [0.717, 1.165) is 0 Å². The summed E-state index contributed by atoms with van der Waals surface area (Å²) < 4.78 is 5.30. The maximum absolute atomic E-state index is 5.30. The molecule has 0 saturated carbocycles. The number of nitrogens with one attached hydrogen (secondary N) is 1. The smallest absolute Gasteiger partial charge is 0.133 e. The number of ether oxygens (including phenoxy) is 1. The molecule has 1 atom stereocenters. The van der Waals surface area contributed by atoms with Crippen molar-refractivity contribution in [3.8, 4) is 0 Å². The van der Waals surface area contributed by atoms with E-state index in [0.29, 0.717) is 0 Å². The van der Waals surface area contributed by atoms with Crippen molar-refractivity contribution in [3.05, 3.63) is 34.9 Å². The molecule has 1 aromatic rings. The van der Waals surface area contributed by atoms with Crippen LogP contribution in [0.15, 0.2) is 18.2 Å². The Labute approximate surface area is 79.9 Å². The Morgan fingerprint density at radius 2 is 2.00 bits per heavy atom. The molecule has 2 nitrogen and oxygen atoms in total. The Hall–Kier alpha value is -0.860. The van der Waals surface area contributed by atoms with Gasteiger partial charge in [0.05, 0.1) is 0 Å². The Bertz CT molecular complexity index is 279. The van der Waals surface area contributed by atoms with Crippen molar-refractivity contribution in [3.63, 3.8) is 0 Å². The summed E-state index contributed by atoms with van der Waals surface area (Å²) in [5, 5.41) is 3.11. The van der Waals surface area contributed by atoms with Gasteiger partial charge < -0.3 is 4.74 Å². The lowest BCUT2D eigenvalue weighted by Crippen LogP contribution is -2.18. The van der Waals surface area contributed by atoms with Gasteiger partial charge in [0.15, 0.2) is 0 Å². The molecule has 1 aromatic carbocycles. The Kier molecular flexibility index (Phi) is 3.46. The van der Waals surface area contributed by atoms with E-state index in [1.807, 2.05) is 7.05 Å². The minimum atomic E-state index is 0.000556. The van der Waals surface area contributed by atoms with Crippen LogP contribution in [0.25, 0.3) is 0 Å². The Balaban J connectivity index is 2.99. The van der Waals surface area contributed by atoms with Crippen LogP contribution >= 0.6 is 0 Å². The van der Waals surface area contributed by atoms with Gasteiger partial charge >= 0.3 is 0 Å². The third-order valence-corrected chi connectivity index (χ3v) is 2.21. The van der Waals surface area contributed by atoms with Crippen molar-refractivity contribution >= 4 is 0 Å². The minimum absolute atomic E-state index is 0.000556. The topological polar surface area (TPSA) is 21.3 Å². The molecule has 0 aliphatic carbocycles. The third kappa shape index (κ3) is 2.29. The van der Waals surface area contributed by atoms with Crippen LogP contribution in [-0.4, -0.2) is 14.2 Å². The molecule has 0 heterocycles. The molecule has 0 aliphatic rings. The van der Waals surface area contributed by atoms with Crippen LogP contribution in [0.5, 0.6) is 0 Å². The van der Waals surface area contributed by atoms with Crippen molar-refractivity contribution in [2.24, 2.45) is 0 Å². The quantitative estimate of drug-likeness (QED) is 0.718. The Morgan fingerprint density at radius 1 is 1.31 bits per heavy atom. The molecule has 0 saturated heterocycles. The molecule has 0 bridgehead atoms. The molecular formula is C11H17NO. The summed E-state index contributed by atoms with van der Waals surface area (Å²) in [6.45, 7) is 4.20. The monoisotopic (exact) mass is 179 g/mol. The predicted molar refractivity (Wildman–Crippen MR) is 54.7 cm³/mol. The van der Waals surface area contributed by atoms with Gasteiger partial charge in [0, 0.05) is 7.11 Å². The van der Waals surface area contributed by atoms with Crippen LogP contribution in [0.2, 0.25) is 0 Å².